The van der Waals surface area contributed by atoms with Crippen LogP contribution in [0.2, 0.25) is 0 Å². The number of hydrogen-bond donors (Lipinski definition) is 1. The number of nitrogens with one attached hydrogen (secondary N) is 1. The highest BCUT2D eigenvalue weighted by molar-refractivity contribution is 7.91. The molecule has 1 N–H and O–H groups in total. The first kappa shape index (κ1) is 22.2. The molecule has 1 saturated heterocycles. The molecule has 30 heavy (non-hydrogen) atoms. The van der Waals surface area contributed by atoms with E-state index in [1.54, 1.807) is 0 Å². The van der Waals surface area contributed by atoms with E-state index in [1.165, 1.54) is 5.56 Å². The van der Waals surface area contributed by atoms with Crippen LogP contribution in [0.5, 0.6) is 5.75 Å². The smallest absolute Gasteiger partial charge is 0.153 e. The summed E-state index contributed by atoms with van der Waals surface area (Å²) in [7, 11) is -2.86. The Bertz CT molecular complexity index is 925. The average Bonchev–Trinajstić information content (AvgIpc) is 2.73. The topological polar surface area (TPSA) is 58.6 Å². The molecular formula is C24H32N2O3S. The third kappa shape index (κ3) is 6.80. The van der Waals surface area contributed by atoms with Crippen molar-refractivity contribution in [3.05, 3.63) is 66.2 Å². The average molecular weight is 429 g/mol. The van der Waals surface area contributed by atoms with Gasteiger partial charge in [-0.1, -0.05) is 30.4 Å². The summed E-state index contributed by atoms with van der Waals surface area (Å²) in [5, 5.41) is 3.58. The first-order valence-corrected chi connectivity index (χ1v) is 12.4. The molecule has 2 aromatic carbocycles. The van der Waals surface area contributed by atoms with Crippen molar-refractivity contribution >= 4 is 21.2 Å². The Labute approximate surface area is 180 Å². The van der Waals surface area contributed by atoms with Gasteiger partial charge in [0, 0.05) is 30.5 Å². The van der Waals surface area contributed by atoms with E-state index in [0.717, 1.165) is 30.0 Å². The highest BCUT2D eigenvalue weighted by atomic mass is 32.2. The molecule has 162 valence electrons. The van der Waals surface area contributed by atoms with Gasteiger partial charge in [0.15, 0.2) is 9.84 Å². The van der Waals surface area contributed by atoms with Crippen molar-refractivity contribution in [3.63, 3.8) is 0 Å². The molecular weight excluding hydrogens is 396 g/mol. The van der Waals surface area contributed by atoms with Gasteiger partial charge in [-0.3, -0.25) is 0 Å². The van der Waals surface area contributed by atoms with Crippen LogP contribution >= 0.6 is 0 Å². The van der Waals surface area contributed by atoms with Crippen LogP contribution in [0.25, 0.3) is 0 Å². The molecule has 1 fully saturated rings. The van der Waals surface area contributed by atoms with E-state index in [4.69, 9.17) is 4.74 Å². The number of ether oxygens (including phenoxy) is 1. The van der Waals surface area contributed by atoms with Gasteiger partial charge in [0.25, 0.3) is 0 Å². The predicted octanol–water partition coefficient (Wildman–Crippen LogP) is 4.31. The molecule has 1 aliphatic rings. The van der Waals surface area contributed by atoms with Gasteiger partial charge in [-0.15, -0.1) is 0 Å². The zero-order valence-electron chi connectivity index (χ0n) is 17.9. The highest BCUT2D eigenvalue weighted by Gasteiger charge is 2.21. The Balaban J connectivity index is 1.48. The second-order valence-corrected chi connectivity index (χ2v) is 10.1. The molecule has 0 saturated carbocycles. The summed E-state index contributed by atoms with van der Waals surface area (Å²) in [4.78, 5) is 2.15. The van der Waals surface area contributed by atoms with Gasteiger partial charge in [-0.2, -0.15) is 0 Å². The minimum absolute atomic E-state index is 0.236. The molecule has 0 bridgehead atoms. The maximum atomic E-state index is 11.7. The fraction of sp³-hybridized carbons (Fsp3) is 0.417. The molecule has 1 atom stereocenters. The van der Waals surface area contributed by atoms with Crippen molar-refractivity contribution in [2.45, 2.75) is 32.7 Å². The van der Waals surface area contributed by atoms with Gasteiger partial charge >= 0.3 is 0 Å². The number of anilines is 2. The summed E-state index contributed by atoms with van der Waals surface area (Å²) in [5.74, 6) is 1.37. The lowest BCUT2D eigenvalue weighted by molar-refractivity contribution is 0.362. The number of aryl methyl sites for hydroxylation is 1. The Morgan fingerprint density at radius 2 is 1.87 bits per heavy atom. The molecule has 3 rings (SSSR count). The third-order valence-corrected chi connectivity index (χ3v) is 6.95. The summed E-state index contributed by atoms with van der Waals surface area (Å²) in [6.45, 7) is 5.90. The molecule has 1 unspecified atom stereocenters. The highest BCUT2D eigenvalue weighted by Crippen LogP contribution is 2.22. The van der Waals surface area contributed by atoms with Crippen LogP contribution in [-0.2, 0) is 16.3 Å². The molecule has 5 nitrogen and oxygen atoms in total. The molecule has 0 radical (unpaired) electrons. The predicted molar refractivity (Wildman–Crippen MR) is 125 cm³/mol. The fourth-order valence-electron chi connectivity index (χ4n) is 3.50. The Morgan fingerprint density at radius 3 is 2.57 bits per heavy atom. The minimum atomic E-state index is -2.86. The molecule has 0 aliphatic carbocycles. The maximum Gasteiger partial charge on any atom is 0.153 e. The van der Waals surface area contributed by atoms with Gasteiger partial charge in [0.05, 0.1) is 11.5 Å². The minimum Gasteiger partial charge on any atom is -0.490 e. The van der Waals surface area contributed by atoms with E-state index >= 15 is 0 Å². The van der Waals surface area contributed by atoms with Crippen molar-refractivity contribution in [3.8, 4) is 5.75 Å². The molecule has 1 heterocycles. The molecule has 0 aromatic heterocycles. The van der Waals surface area contributed by atoms with Crippen molar-refractivity contribution in [2.75, 3.05) is 41.4 Å². The van der Waals surface area contributed by atoms with Crippen LogP contribution in [0.3, 0.4) is 0 Å². The zero-order chi connectivity index (χ0) is 21.4. The van der Waals surface area contributed by atoms with Crippen LogP contribution in [0.15, 0.2) is 60.7 Å². The van der Waals surface area contributed by atoms with Crippen LogP contribution in [0.4, 0.5) is 11.4 Å². The standard InChI is InChI=1S/C24H32N2O3S/c1-3-4-16-29-24-12-10-21(11-13-24)9-8-20(2)25-22-6-5-7-23(19-22)26-14-17-30(27,28)18-15-26/h3-7,10-13,19-20,25H,8-9,14-18H2,1-2H3. The summed E-state index contributed by atoms with van der Waals surface area (Å²) in [6, 6.07) is 16.9. The normalized spacial score (nSPS) is 17.1. The molecule has 1 aliphatic heterocycles. The quantitative estimate of drug-likeness (QED) is 0.603. The monoisotopic (exact) mass is 428 g/mol. The number of hydrogen-bond acceptors (Lipinski definition) is 5. The largest absolute Gasteiger partial charge is 0.490 e. The van der Waals surface area contributed by atoms with Gasteiger partial charge < -0.3 is 15.0 Å². The number of sulfone groups is 1. The summed E-state index contributed by atoms with van der Waals surface area (Å²) in [5.41, 5.74) is 3.45. The van der Waals surface area contributed by atoms with Crippen molar-refractivity contribution < 1.29 is 13.2 Å². The Hall–Kier alpha value is -2.47. The van der Waals surface area contributed by atoms with Crippen molar-refractivity contribution in [1.29, 1.82) is 0 Å². The Morgan fingerprint density at radius 1 is 1.13 bits per heavy atom. The molecule has 6 heteroatoms. The first-order valence-electron chi connectivity index (χ1n) is 10.6. The summed E-state index contributed by atoms with van der Waals surface area (Å²) >= 11 is 0. The third-order valence-electron chi connectivity index (χ3n) is 5.34. The Kier molecular flexibility index (Phi) is 7.80. The zero-order valence-corrected chi connectivity index (χ0v) is 18.7. The lowest BCUT2D eigenvalue weighted by Crippen LogP contribution is -2.40. The van der Waals surface area contributed by atoms with E-state index in [9.17, 15) is 8.42 Å². The number of allylic oxidation sites excluding steroid dienone is 1. The first-order chi connectivity index (χ1) is 14.4. The van der Waals surface area contributed by atoms with Gasteiger partial charge in [0.1, 0.15) is 12.4 Å². The second-order valence-electron chi connectivity index (χ2n) is 7.80. The number of rotatable bonds is 9. The van der Waals surface area contributed by atoms with E-state index in [2.05, 4.69) is 41.4 Å². The van der Waals surface area contributed by atoms with E-state index in [-0.39, 0.29) is 11.5 Å². The fourth-order valence-corrected chi connectivity index (χ4v) is 4.70. The SMILES string of the molecule is CC=CCOc1ccc(CCC(C)Nc2cccc(N3CCS(=O)(=O)CC3)c2)cc1. The number of benzene rings is 2. The van der Waals surface area contributed by atoms with Gasteiger partial charge in [-0.05, 0) is 62.6 Å². The summed E-state index contributed by atoms with van der Waals surface area (Å²) in [6.07, 6.45) is 5.98. The maximum absolute atomic E-state index is 11.7. The van der Waals surface area contributed by atoms with E-state index in [1.807, 2.05) is 43.3 Å². The summed E-state index contributed by atoms with van der Waals surface area (Å²) < 4.78 is 29.0. The van der Waals surface area contributed by atoms with Crippen LogP contribution in [0.1, 0.15) is 25.8 Å². The van der Waals surface area contributed by atoms with Gasteiger partial charge in [-0.25, -0.2) is 8.42 Å². The van der Waals surface area contributed by atoms with Crippen LogP contribution in [0, 0.1) is 0 Å². The molecule has 2 aromatic rings. The van der Waals surface area contributed by atoms with Crippen molar-refractivity contribution in [1.82, 2.24) is 0 Å². The molecule has 0 spiro atoms. The van der Waals surface area contributed by atoms with Crippen molar-refractivity contribution in [2.24, 2.45) is 0 Å². The van der Waals surface area contributed by atoms with Gasteiger partial charge in [0.2, 0.25) is 0 Å². The van der Waals surface area contributed by atoms with E-state index < -0.39 is 9.84 Å². The lowest BCUT2D eigenvalue weighted by atomic mass is 10.1. The van der Waals surface area contributed by atoms with E-state index in [0.29, 0.717) is 25.7 Å². The van der Waals surface area contributed by atoms with Crippen LogP contribution in [-0.4, -0.2) is 45.7 Å². The molecule has 0 amide bonds. The second kappa shape index (κ2) is 10.5. The number of nitrogens with zero attached hydrogens (tertiary/aromatic N) is 1. The van der Waals surface area contributed by atoms with Crippen LogP contribution < -0.4 is 15.0 Å². The lowest BCUT2D eigenvalue weighted by Gasteiger charge is -2.29.